The smallest absolute Gasteiger partial charge is 0.335 e. The van der Waals surface area contributed by atoms with Crippen molar-refractivity contribution in [3.8, 4) is 0 Å². The van der Waals surface area contributed by atoms with E-state index in [1.807, 2.05) is 12.1 Å². The van der Waals surface area contributed by atoms with E-state index >= 15 is 0 Å². The van der Waals surface area contributed by atoms with E-state index < -0.39 is 5.97 Å². The van der Waals surface area contributed by atoms with Gasteiger partial charge in [-0.25, -0.2) is 4.79 Å². The third-order valence-corrected chi connectivity index (χ3v) is 6.82. The van der Waals surface area contributed by atoms with Gasteiger partial charge < -0.3 is 10.0 Å². The van der Waals surface area contributed by atoms with Crippen LogP contribution in [-0.4, -0.2) is 42.2 Å². The van der Waals surface area contributed by atoms with Gasteiger partial charge in [-0.2, -0.15) is 0 Å². The fraction of sp³-hybridized carbons (Fsp3) is 0.480. The van der Waals surface area contributed by atoms with Gasteiger partial charge in [0.15, 0.2) is 0 Å². The molecule has 1 N–H and O–H groups in total. The summed E-state index contributed by atoms with van der Waals surface area (Å²) in [6.45, 7) is 6.13. The average molecular weight is 393 g/mol. The number of nitrogens with zero attached hydrogens (tertiary/aromatic N) is 2. The number of piperazine rings is 1. The molecule has 4 rings (SSSR count). The molecule has 1 saturated carbocycles. The molecule has 2 aromatic rings. The van der Waals surface area contributed by atoms with E-state index in [1.54, 1.807) is 12.1 Å². The molecule has 2 aromatic carbocycles. The molecule has 0 aromatic heterocycles. The van der Waals surface area contributed by atoms with E-state index in [2.05, 4.69) is 41.0 Å². The quantitative estimate of drug-likeness (QED) is 0.748. The maximum Gasteiger partial charge on any atom is 0.335 e. The molecule has 2 aliphatic rings. The minimum atomic E-state index is -0.865. The van der Waals surface area contributed by atoms with Crippen LogP contribution in [0, 0.1) is 0 Å². The summed E-state index contributed by atoms with van der Waals surface area (Å²) in [5.74, 6) is -0.103. The fourth-order valence-electron chi connectivity index (χ4n) is 4.90. The van der Waals surface area contributed by atoms with E-state index in [9.17, 15) is 9.90 Å². The van der Waals surface area contributed by atoms with Gasteiger partial charge in [0, 0.05) is 37.9 Å². The Bertz CT molecular complexity index is 819. The van der Waals surface area contributed by atoms with Crippen LogP contribution in [0.4, 0.5) is 5.69 Å². The SMILES string of the molecule is CC(c1ccc(C2CCCCC2)cc1)N1CCN(c2cccc(C(=O)O)c2)CC1. The monoisotopic (exact) mass is 392 g/mol. The predicted octanol–water partition coefficient (Wildman–Crippen LogP) is 5.32. The number of carboxylic acids is 1. The van der Waals surface area contributed by atoms with E-state index in [1.165, 1.54) is 43.2 Å². The van der Waals surface area contributed by atoms with Gasteiger partial charge in [-0.3, -0.25) is 4.90 Å². The van der Waals surface area contributed by atoms with Gasteiger partial charge >= 0.3 is 5.97 Å². The average Bonchev–Trinajstić information content (AvgIpc) is 2.79. The first kappa shape index (κ1) is 20.0. The maximum absolute atomic E-state index is 11.2. The lowest BCUT2D eigenvalue weighted by Gasteiger charge is -2.39. The summed E-state index contributed by atoms with van der Waals surface area (Å²) < 4.78 is 0. The van der Waals surface area contributed by atoms with Crippen LogP contribution in [0.5, 0.6) is 0 Å². The van der Waals surface area contributed by atoms with Gasteiger partial charge in [0.05, 0.1) is 5.56 Å². The minimum absolute atomic E-state index is 0.358. The molecule has 29 heavy (non-hydrogen) atoms. The Kier molecular flexibility index (Phi) is 6.19. The zero-order chi connectivity index (χ0) is 20.2. The lowest BCUT2D eigenvalue weighted by molar-refractivity contribution is 0.0697. The number of anilines is 1. The van der Waals surface area contributed by atoms with Gasteiger partial charge in [0.2, 0.25) is 0 Å². The lowest BCUT2D eigenvalue weighted by Crippen LogP contribution is -2.47. The number of rotatable bonds is 5. The molecule has 1 atom stereocenters. The molecule has 1 unspecified atom stereocenters. The Hall–Kier alpha value is -2.33. The van der Waals surface area contributed by atoms with Crippen LogP contribution in [0.3, 0.4) is 0 Å². The summed E-state index contributed by atoms with van der Waals surface area (Å²) in [4.78, 5) is 16.1. The van der Waals surface area contributed by atoms with Crippen molar-refractivity contribution in [2.45, 2.75) is 51.0 Å². The molecule has 1 aliphatic heterocycles. The van der Waals surface area contributed by atoms with Crippen molar-refractivity contribution in [3.63, 3.8) is 0 Å². The second kappa shape index (κ2) is 9.00. The Morgan fingerprint density at radius 2 is 1.66 bits per heavy atom. The van der Waals surface area contributed by atoms with Crippen molar-refractivity contribution in [1.82, 2.24) is 4.90 Å². The number of carbonyl (C=O) groups is 1. The summed E-state index contributed by atoms with van der Waals surface area (Å²) in [7, 11) is 0. The number of benzene rings is 2. The predicted molar refractivity (Wildman–Crippen MR) is 118 cm³/mol. The van der Waals surface area contributed by atoms with Crippen LogP contribution in [0.2, 0.25) is 0 Å². The van der Waals surface area contributed by atoms with Gasteiger partial charge in [-0.1, -0.05) is 49.6 Å². The van der Waals surface area contributed by atoms with Crippen molar-refractivity contribution in [2.24, 2.45) is 0 Å². The summed E-state index contributed by atoms with van der Waals surface area (Å²) in [5.41, 5.74) is 4.28. The van der Waals surface area contributed by atoms with Gasteiger partial charge in [-0.05, 0) is 55.0 Å². The minimum Gasteiger partial charge on any atom is -0.478 e. The lowest BCUT2D eigenvalue weighted by atomic mass is 9.83. The molecule has 1 saturated heterocycles. The summed E-state index contributed by atoms with van der Waals surface area (Å²) in [6, 6.07) is 17.1. The van der Waals surface area contributed by atoms with E-state index in [0.29, 0.717) is 11.6 Å². The van der Waals surface area contributed by atoms with Crippen LogP contribution in [0.15, 0.2) is 48.5 Å². The molecule has 2 fully saturated rings. The third-order valence-electron chi connectivity index (χ3n) is 6.82. The highest BCUT2D eigenvalue weighted by Crippen LogP contribution is 2.33. The molecule has 4 heteroatoms. The van der Waals surface area contributed by atoms with Crippen LogP contribution >= 0.6 is 0 Å². The molecular formula is C25H32N2O2. The standard InChI is InChI=1S/C25H32N2O2/c1-19(20-10-12-22(13-11-20)21-6-3-2-4-7-21)26-14-16-27(17-15-26)24-9-5-8-23(18-24)25(28)29/h5,8-13,18-19,21H,2-4,6-7,14-17H2,1H3,(H,28,29). The second-order valence-corrected chi connectivity index (χ2v) is 8.56. The van der Waals surface area contributed by atoms with Crippen LogP contribution < -0.4 is 4.90 Å². The molecule has 1 aliphatic carbocycles. The van der Waals surface area contributed by atoms with Gasteiger partial charge in [0.25, 0.3) is 0 Å². The van der Waals surface area contributed by atoms with Crippen molar-refractivity contribution < 1.29 is 9.90 Å². The maximum atomic E-state index is 11.2. The van der Waals surface area contributed by atoms with Gasteiger partial charge in [-0.15, -0.1) is 0 Å². The molecule has 0 radical (unpaired) electrons. The number of aromatic carboxylic acids is 1. The Morgan fingerprint density at radius 3 is 2.31 bits per heavy atom. The summed E-state index contributed by atoms with van der Waals surface area (Å²) in [6.07, 6.45) is 6.85. The summed E-state index contributed by atoms with van der Waals surface area (Å²) in [5, 5.41) is 9.22. The molecule has 0 amide bonds. The molecular weight excluding hydrogens is 360 g/mol. The summed E-state index contributed by atoms with van der Waals surface area (Å²) >= 11 is 0. The first-order valence-corrected chi connectivity index (χ1v) is 11.0. The number of carboxylic acid groups (broad SMARTS) is 1. The number of hydrogen-bond donors (Lipinski definition) is 1. The normalized spacial score (nSPS) is 19.8. The van der Waals surface area contributed by atoms with E-state index in [4.69, 9.17) is 0 Å². The molecule has 4 nitrogen and oxygen atoms in total. The zero-order valence-corrected chi connectivity index (χ0v) is 17.4. The fourth-order valence-corrected chi connectivity index (χ4v) is 4.90. The highest BCUT2D eigenvalue weighted by atomic mass is 16.4. The van der Waals surface area contributed by atoms with Crippen LogP contribution in [-0.2, 0) is 0 Å². The van der Waals surface area contributed by atoms with Crippen molar-refractivity contribution in [1.29, 1.82) is 0 Å². The number of hydrogen-bond acceptors (Lipinski definition) is 3. The van der Waals surface area contributed by atoms with Crippen molar-refractivity contribution >= 4 is 11.7 Å². The van der Waals surface area contributed by atoms with Crippen LogP contribution in [0.25, 0.3) is 0 Å². The molecule has 0 spiro atoms. The molecule has 1 heterocycles. The molecule has 0 bridgehead atoms. The first-order chi connectivity index (χ1) is 14.1. The Morgan fingerprint density at radius 1 is 0.966 bits per heavy atom. The Balaban J connectivity index is 1.35. The highest BCUT2D eigenvalue weighted by Gasteiger charge is 2.23. The van der Waals surface area contributed by atoms with E-state index in [0.717, 1.165) is 37.8 Å². The van der Waals surface area contributed by atoms with Crippen LogP contribution in [0.1, 0.15) is 72.5 Å². The largest absolute Gasteiger partial charge is 0.478 e. The highest BCUT2D eigenvalue weighted by molar-refractivity contribution is 5.88. The third kappa shape index (κ3) is 4.64. The Labute approximate surface area is 174 Å². The van der Waals surface area contributed by atoms with Crippen molar-refractivity contribution in [2.75, 3.05) is 31.1 Å². The zero-order valence-electron chi connectivity index (χ0n) is 17.4. The molecule has 154 valence electrons. The van der Waals surface area contributed by atoms with Crippen molar-refractivity contribution in [3.05, 3.63) is 65.2 Å². The van der Waals surface area contributed by atoms with E-state index in [-0.39, 0.29) is 0 Å². The van der Waals surface area contributed by atoms with Gasteiger partial charge in [0.1, 0.15) is 0 Å². The first-order valence-electron chi connectivity index (χ1n) is 11.0. The second-order valence-electron chi connectivity index (χ2n) is 8.56. The topological polar surface area (TPSA) is 43.8 Å².